The number of ether oxygens (including phenoxy) is 1. The third kappa shape index (κ3) is 1.19. The van der Waals surface area contributed by atoms with Crippen LogP contribution in [0.15, 0.2) is 16.9 Å². The van der Waals surface area contributed by atoms with Crippen LogP contribution in [0, 0.1) is 0 Å². The Kier molecular flexibility index (Phi) is 2.11. The third-order valence-corrected chi connectivity index (χ3v) is 1.10. The molecule has 0 fully saturated rings. The van der Waals surface area contributed by atoms with E-state index in [1.54, 1.807) is 0 Å². The van der Waals surface area contributed by atoms with Gasteiger partial charge in [-0.3, -0.25) is 10.7 Å². The van der Waals surface area contributed by atoms with Crippen LogP contribution < -0.4 is 11.2 Å². The smallest absolute Gasteiger partial charge is 0.236 e. The first kappa shape index (κ1) is 6.88. The quantitative estimate of drug-likeness (QED) is 0.442. The van der Waals surface area contributed by atoms with Gasteiger partial charge in [0.2, 0.25) is 5.90 Å². The Labute approximate surface area is 58.2 Å². The van der Waals surface area contributed by atoms with Gasteiger partial charge in [0.05, 0.1) is 6.54 Å². The standard InChI is InChI=1S/C5H9N3O2/c6-3-4(8-9)5-7-1-2-10-5/h3,8-9H,1-2,6H2/b4-3+. The number of nitrogens with one attached hydrogen (secondary N) is 1. The van der Waals surface area contributed by atoms with Crippen LogP contribution in [0.2, 0.25) is 0 Å². The molecule has 5 heteroatoms. The van der Waals surface area contributed by atoms with Gasteiger partial charge in [0.1, 0.15) is 12.3 Å². The Hall–Kier alpha value is -1.23. The van der Waals surface area contributed by atoms with Crippen LogP contribution in [0.4, 0.5) is 0 Å². The van der Waals surface area contributed by atoms with Gasteiger partial charge in [-0.25, -0.2) is 4.99 Å². The molecule has 0 aliphatic carbocycles. The van der Waals surface area contributed by atoms with Crippen LogP contribution in [-0.4, -0.2) is 24.3 Å². The van der Waals surface area contributed by atoms with Gasteiger partial charge >= 0.3 is 0 Å². The Morgan fingerprint density at radius 1 is 1.90 bits per heavy atom. The first-order valence-corrected chi connectivity index (χ1v) is 2.88. The summed E-state index contributed by atoms with van der Waals surface area (Å²) >= 11 is 0. The lowest BCUT2D eigenvalue weighted by Gasteiger charge is -2.02. The summed E-state index contributed by atoms with van der Waals surface area (Å²) in [5.41, 5.74) is 7.29. The molecule has 0 saturated heterocycles. The predicted molar refractivity (Wildman–Crippen MR) is 35.4 cm³/mol. The molecule has 0 radical (unpaired) electrons. The summed E-state index contributed by atoms with van der Waals surface area (Å²) in [6.45, 7) is 1.17. The fraction of sp³-hybridized carbons (Fsp3) is 0.400. The van der Waals surface area contributed by atoms with E-state index in [9.17, 15) is 0 Å². The minimum absolute atomic E-state index is 0.303. The van der Waals surface area contributed by atoms with E-state index in [2.05, 4.69) is 4.99 Å². The maximum atomic E-state index is 8.43. The van der Waals surface area contributed by atoms with Crippen molar-refractivity contribution >= 4 is 5.90 Å². The van der Waals surface area contributed by atoms with Crippen LogP contribution >= 0.6 is 0 Å². The number of hydroxylamine groups is 1. The fourth-order valence-electron chi connectivity index (χ4n) is 0.654. The zero-order valence-electron chi connectivity index (χ0n) is 5.37. The predicted octanol–water partition coefficient (Wildman–Crippen LogP) is -0.806. The molecular weight excluding hydrogens is 134 g/mol. The largest absolute Gasteiger partial charge is 0.474 e. The lowest BCUT2D eigenvalue weighted by atomic mass is 10.5. The second kappa shape index (κ2) is 3.07. The van der Waals surface area contributed by atoms with Crippen molar-refractivity contribution in [1.82, 2.24) is 5.48 Å². The van der Waals surface area contributed by atoms with Crippen molar-refractivity contribution in [3.63, 3.8) is 0 Å². The maximum Gasteiger partial charge on any atom is 0.236 e. The fourth-order valence-corrected chi connectivity index (χ4v) is 0.654. The molecule has 1 aliphatic heterocycles. The van der Waals surface area contributed by atoms with E-state index in [0.717, 1.165) is 0 Å². The molecule has 0 aromatic carbocycles. The van der Waals surface area contributed by atoms with Crippen LogP contribution in [0.5, 0.6) is 0 Å². The van der Waals surface area contributed by atoms with E-state index >= 15 is 0 Å². The minimum Gasteiger partial charge on any atom is -0.474 e. The summed E-state index contributed by atoms with van der Waals surface area (Å²) in [6.07, 6.45) is 1.20. The molecule has 0 atom stereocenters. The number of nitrogens with zero attached hydrogens (tertiary/aromatic N) is 1. The Morgan fingerprint density at radius 2 is 2.70 bits per heavy atom. The molecule has 0 saturated carbocycles. The van der Waals surface area contributed by atoms with Crippen molar-refractivity contribution in [2.75, 3.05) is 13.2 Å². The van der Waals surface area contributed by atoms with Crippen molar-refractivity contribution in [1.29, 1.82) is 0 Å². The van der Waals surface area contributed by atoms with Crippen LogP contribution in [0.25, 0.3) is 0 Å². The molecule has 0 amide bonds. The SMILES string of the molecule is N/C=C(/NO)C1=NCCO1. The van der Waals surface area contributed by atoms with Crippen LogP contribution in [0.1, 0.15) is 0 Å². The third-order valence-electron chi connectivity index (χ3n) is 1.10. The van der Waals surface area contributed by atoms with E-state index < -0.39 is 0 Å². The average molecular weight is 143 g/mol. The first-order valence-electron chi connectivity index (χ1n) is 2.88. The summed E-state index contributed by atoms with van der Waals surface area (Å²) in [5.74, 6) is 0.366. The molecule has 0 unspecified atom stereocenters. The average Bonchev–Trinajstić information content (AvgIpc) is 2.43. The molecule has 10 heavy (non-hydrogen) atoms. The topological polar surface area (TPSA) is 79.9 Å². The second-order valence-corrected chi connectivity index (χ2v) is 1.73. The Balaban J connectivity index is 2.62. The maximum absolute atomic E-state index is 8.43. The lowest BCUT2D eigenvalue weighted by Crippen LogP contribution is -2.18. The second-order valence-electron chi connectivity index (χ2n) is 1.73. The molecule has 0 aromatic rings. The van der Waals surface area contributed by atoms with E-state index in [1.165, 1.54) is 6.20 Å². The summed E-state index contributed by atoms with van der Waals surface area (Å²) in [6, 6.07) is 0. The number of hydrogen-bond acceptors (Lipinski definition) is 5. The zero-order chi connectivity index (χ0) is 7.40. The van der Waals surface area contributed by atoms with Gasteiger partial charge in [0, 0.05) is 6.20 Å². The highest BCUT2D eigenvalue weighted by atomic mass is 16.5. The summed E-state index contributed by atoms with van der Waals surface area (Å²) < 4.78 is 4.98. The van der Waals surface area contributed by atoms with Gasteiger partial charge in [-0.15, -0.1) is 0 Å². The zero-order valence-corrected chi connectivity index (χ0v) is 5.37. The highest BCUT2D eigenvalue weighted by Crippen LogP contribution is 2.00. The van der Waals surface area contributed by atoms with Gasteiger partial charge in [-0.1, -0.05) is 0 Å². The Bertz CT molecular complexity index is 176. The van der Waals surface area contributed by atoms with Gasteiger partial charge in [0.25, 0.3) is 0 Å². The molecule has 0 spiro atoms. The van der Waals surface area contributed by atoms with Crippen LogP contribution in [0.3, 0.4) is 0 Å². The number of hydrogen-bond donors (Lipinski definition) is 3. The molecule has 0 bridgehead atoms. The lowest BCUT2D eigenvalue weighted by molar-refractivity contribution is 0.201. The molecule has 5 nitrogen and oxygen atoms in total. The molecule has 0 aromatic heterocycles. The monoisotopic (exact) mass is 143 g/mol. The molecule has 4 N–H and O–H groups in total. The minimum atomic E-state index is 0.303. The highest BCUT2D eigenvalue weighted by molar-refractivity contribution is 5.93. The molecule has 56 valence electrons. The number of nitrogens with two attached hydrogens (primary N) is 1. The van der Waals surface area contributed by atoms with Gasteiger partial charge < -0.3 is 10.5 Å². The van der Waals surface area contributed by atoms with Crippen molar-refractivity contribution in [2.45, 2.75) is 0 Å². The van der Waals surface area contributed by atoms with E-state index in [-0.39, 0.29) is 0 Å². The van der Waals surface area contributed by atoms with E-state index in [0.29, 0.717) is 24.7 Å². The Morgan fingerprint density at radius 3 is 3.10 bits per heavy atom. The number of rotatable bonds is 2. The van der Waals surface area contributed by atoms with Crippen molar-refractivity contribution < 1.29 is 9.94 Å². The first-order chi connectivity index (χ1) is 4.88. The highest BCUT2D eigenvalue weighted by Gasteiger charge is 2.11. The summed E-state index contributed by atoms with van der Waals surface area (Å²) in [5, 5.41) is 8.43. The molecule has 1 rings (SSSR count). The van der Waals surface area contributed by atoms with E-state index in [4.69, 9.17) is 15.7 Å². The van der Waals surface area contributed by atoms with Crippen molar-refractivity contribution in [3.8, 4) is 0 Å². The molecular formula is C5H9N3O2. The van der Waals surface area contributed by atoms with Gasteiger partial charge in [-0.05, 0) is 0 Å². The molecule has 1 heterocycles. The molecule has 1 aliphatic rings. The number of aliphatic imine (C=N–C) groups is 1. The summed E-state index contributed by atoms with van der Waals surface area (Å²) in [7, 11) is 0. The van der Waals surface area contributed by atoms with Crippen LogP contribution in [-0.2, 0) is 4.74 Å². The summed E-state index contributed by atoms with van der Waals surface area (Å²) in [4.78, 5) is 3.90. The van der Waals surface area contributed by atoms with Gasteiger partial charge in [0.15, 0.2) is 0 Å². The normalized spacial score (nSPS) is 18.1. The van der Waals surface area contributed by atoms with E-state index in [1.807, 2.05) is 5.48 Å². The van der Waals surface area contributed by atoms with Gasteiger partial charge in [-0.2, -0.15) is 0 Å². The van der Waals surface area contributed by atoms with Crippen molar-refractivity contribution in [3.05, 3.63) is 11.9 Å². The van der Waals surface area contributed by atoms with Crippen molar-refractivity contribution in [2.24, 2.45) is 10.7 Å².